The van der Waals surface area contributed by atoms with E-state index in [2.05, 4.69) is 17.0 Å². The lowest BCUT2D eigenvalue weighted by Gasteiger charge is -2.25. The number of nitrogens with one attached hydrogen (secondary N) is 1. The highest BCUT2D eigenvalue weighted by molar-refractivity contribution is 5.90. The summed E-state index contributed by atoms with van der Waals surface area (Å²) in [5, 5.41) is 17.9. The maximum absolute atomic E-state index is 11.0. The number of phenols is 1. The molecule has 2 aromatic rings. The molecule has 0 spiro atoms. The molecule has 3 N–H and O–H groups in total. The first kappa shape index (κ1) is 18.2. The minimum atomic E-state index is -0.537. The van der Waals surface area contributed by atoms with Crippen molar-refractivity contribution in [2.24, 2.45) is 0 Å². The lowest BCUT2D eigenvalue weighted by molar-refractivity contribution is -0.124. The summed E-state index contributed by atoms with van der Waals surface area (Å²) in [6, 6.07) is 16.1. The summed E-state index contributed by atoms with van der Waals surface area (Å²) < 4.78 is 0. The van der Waals surface area contributed by atoms with Crippen LogP contribution in [0, 0.1) is 0 Å². The number of benzene rings is 2. The van der Waals surface area contributed by atoms with Crippen LogP contribution in [0.2, 0.25) is 0 Å². The Morgan fingerprint density at radius 2 is 1.88 bits per heavy atom. The summed E-state index contributed by atoms with van der Waals surface area (Å²) >= 11 is 0. The smallest absolute Gasteiger partial charge is 0.267 e. The van der Waals surface area contributed by atoms with Crippen molar-refractivity contribution in [2.75, 3.05) is 13.1 Å². The van der Waals surface area contributed by atoms with Gasteiger partial charge in [-0.15, -0.1) is 0 Å². The van der Waals surface area contributed by atoms with Crippen LogP contribution >= 0.6 is 0 Å². The number of phenolic OH excluding ortho intramolecular Hbond substituents is 1. The second-order valence-electron chi connectivity index (χ2n) is 6.59. The first-order chi connectivity index (χ1) is 12.7. The highest BCUT2D eigenvalue weighted by Gasteiger charge is 2.25. The molecule has 0 aromatic heterocycles. The van der Waals surface area contributed by atoms with Gasteiger partial charge in [0.2, 0.25) is 0 Å². The zero-order chi connectivity index (χ0) is 18.4. The van der Waals surface area contributed by atoms with Crippen LogP contribution in [0.1, 0.15) is 35.6 Å². The van der Waals surface area contributed by atoms with Gasteiger partial charge in [-0.05, 0) is 60.7 Å². The Hall–Kier alpha value is -2.63. The number of nitrogens with zero attached hydrogens (tertiary/aromatic N) is 1. The average Bonchev–Trinajstić information content (AvgIpc) is 3.14. The minimum absolute atomic E-state index is 0.304. The largest absolute Gasteiger partial charge is 0.508 e. The van der Waals surface area contributed by atoms with Gasteiger partial charge in [-0.2, -0.15) is 0 Å². The number of likely N-dealkylation sites (tertiary alicyclic amines) is 1. The number of carbonyl (C=O) groups excluding carboxylic acids is 1. The third-order valence-corrected chi connectivity index (χ3v) is 4.85. The molecule has 1 amide bonds. The molecule has 5 nitrogen and oxygen atoms in total. The average molecular weight is 352 g/mol. The Labute approximate surface area is 153 Å². The lowest BCUT2D eigenvalue weighted by Crippen LogP contribution is -2.25. The van der Waals surface area contributed by atoms with Crippen LogP contribution in [0.5, 0.6) is 5.75 Å². The summed E-state index contributed by atoms with van der Waals surface area (Å²) in [5.74, 6) is -0.233. The van der Waals surface area contributed by atoms with Crippen LogP contribution in [-0.2, 0) is 11.2 Å². The number of amides is 1. The number of hydrogen-bond donors (Lipinski definition) is 3. The van der Waals surface area contributed by atoms with E-state index in [1.54, 1.807) is 23.7 Å². The van der Waals surface area contributed by atoms with Crippen LogP contribution in [0.25, 0.3) is 6.08 Å². The fourth-order valence-electron chi connectivity index (χ4n) is 3.45. The second-order valence-corrected chi connectivity index (χ2v) is 6.59. The van der Waals surface area contributed by atoms with Crippen molar-refractivity contribution in [3.63, 3.8) is 0 Å². The van der Waals surface area contributed by atoms with Gasteiger partial charge in [0, 0.05) is 18.7 Å². The molecule has 1 unspecified atom stereocenters. The second kappa shape index (κ2) is 8.65. The number of rotatable bonds is 6. The molecular formula is C21H24N2O3. The van der Waals surface area contributed by atoms with Crippen molar-refractivity contribution in [3.05, 3.63) is 71.3 Å². The summed E-state index contributed by atoms with van der Waals surface area (Å²) in [6.07, 6.45) is 6.28. The molecule has 0 saturated carbocycles. The lowest BCUT2D eigenvalue weighted by atomic mass is 10.0. The highest BCUT2D eigenvalue weighted by atomic mass is 16.5. The molecule has 3 rings (SSSR count). The summed E-state index contributed by atoms with van der Waals surface area (Å²) in [6.45, 7) is 2.09. The van der Waals surface area contributed by atoms with Gasteiger partial charge in [0.1, 0.15) is 5.75 Å². The van der Waals surface area contributed by atoms with Gasteiger partial charge in [0.25, 0.3) is 5.91 Å². The maximum Gasteiger partial charge on any atom is 0.267 e. The van der Waals surface area contributed by atoms with Crippen LogP contribution < -0.4 is 5.48 Å². The Kier molecular flexibility index (Phi) is 6.04. The minimum Gasteiger partial charge on any atom is -0.508 e. The Morgan fingerprint density at radius 3 is 2.58 bits per heavy atom. The normalized spacial score (nSPS) is 17.7. The number of aromatic hydroxyl groups is 1. The molecule has 26 heavy (non-hydrogen) atoms. The fourth-order valence-corrected chi connectivity index (χ4v) is 3.45. The SMILES string of the molecule is O=C(C=Cc1ccc(C2CCCN2CCc2ccc(O)cc2)cc1)NO. The number of hydroxylamine groups is 1. The third-order valence-electron chi connectivity index (χ3n) is 4.85. The molecule has 1 aliphatic heterocycles. The quantitative estimate of drug-likeness (QED) is 0.424. The van der Waals surface area contributed by atoms with Gasteiger partial charge in [-0.25, -0.2) is 5.48 Å². The molecule has 136 valence electrons. The van der Waals surface area contributed by atoms with E-state index in [-0.39, 0.29) is 0 Å². The molecule has 1 fully saturated rings. The molecule has 0 bridgehead atoms. The molecular weight excluding hydrogens is 328 g/mol. The van der Waals surface area contributed by atoms with Crippen LogP contribution in [0.15, 0.2) is 54.6 Å². The van der Waals surface area contributed by atoms with Crippen molar-refractivity contribution < 1.29 is 15.1 Å². The Morgan fingerprint density at radius 1 is 1.15 bits per heavy atom. The predicted octanol–water partition coefficient (Wildman–Crippen LogP) is 3.29. The molecule has 1 aliphatic rings. The van der Waals surface area contributed by atoms with Crippen LogP contribution in [0.3, 0.4) is 0 Å². The van der Waals surface area contributed by atoms with E-state index < -0.39 is 5.91 Å². The summed E-state index contributed by atoms with van der Waals surface area (Å²) in [4.78, 5) is 13.6. The van der Waals surface area contributed by atoms with Crippen LogP contribution in [-0.4, -0.2) is 34.2 Å². The zero-order valence-electron chi connectivity index (χ0n) is 14.6. The van der Waals surface area contributed by atoms with Gasteiger partial charge in [-0.3, -0.25) is 14.9 Å². The molecule has 0 aliphatic carbocycles. The molecule has 5 heteroatoms. The van der Waals surface area contributed by atoms with Crippen molar-refractivity contribution in [1.29, 1.82) is 0 Å². The Balaban J connectivity index is 1.61. The van der Waals surface area contributed by atoms with Gasteiger partial charge in [0.05, 0.1) is 0 Å². The third kappa shape index (κ3) is 4.71. The first-order valence-electron chi connectivity index (χ1n) is 8.90. The van der Waals surface area contributed by atoms with E-state index >= 15 is 0 Å². The Bertz CT molecular complexity index is 754. The molecule has 1 atom stereocenters. The molecule has 1 saturated heterocycles. The van der Waals surface area contributed by atoms with Crippen molar-refractivity contribution in [3.8, 4) is 5.75 Å². The monoisotopic (exact) mass is 352 g/mol. The highest BCUT2D eigenvalue weighted by Crippen LogP contribution is 2.32. The fraction of sp³-hybridized carbons (Fsp3) is 0.286. The van der Waals surface area contributed by atoms with E-state index in [1.165, 1.54) is 23.6 Å². The van der Waals surface area contributed by atoms with Gasteiger partial charge in [0.15, 0.2) is 0 Å². The van der Waals surface area contributed by atoms with E-state index in [1.807, 2.05) is 24.3 Å². The van der Waals surface area contributed by atoms with E-state index in [4.69, 9.17) is 5.21 Å². The van der Waals surface area contributed by atoms with E-state index in [0.29, 0.717) is 11.8 Å². The predicted molar refractivity (Wildman–Crippen MR) is 101 cm³/mol. The standard InChI is InChI=1S/C21H24N2O3/c24-19-10-5-17(6-11-19)13-15-23-14-1-2-20(23)18-8-3-16(4-9-18)7-12-21(25)22-26/h3-12,20,24,26H,1-2,13-15H2,(H,22,25). The summed E-state index contributed by atoms with van der Waals surface area (Å²) in [7, 11) is 0. The number of carbonyl (C=O) groups is 1. The van der Waals surface area contributed by atoms with Gasteiger partial charge >= 0.3 is 0 Å². The first-order valence-corrected chi connectivity index (χ1v) is 8.90. The molecule has 1 heterocycles. The maximum atomic E-state index is 11.0. The van der Waals surface area contributed by atoms with Crippen molar-refractivity contribution in [2.45, 2.75) is 25.3 Å². The van der Waals surface area contributed by atoms with Crippen molar-refractivity contribution in [1.82, 2.24) is 10.4 Å². The van der Waals surface area contributed by atoms with Gasteiger partial charge < -0.3 is 5.11 Å². The summed E-state index contributed by atoms with van der Waals surface area (Å²) in [5.41, 5.74) is 5.03. The molecule has 0 radical (unpaired) electrons. The number of hydrogen-bond acceptors (Lipinski definition) is 4. The van der Waals surface area contributed by atoms with Gasteiger partial charge in [-0.1, -0.05) is 36.4 Å². The van der Waals surface area contributed by atoms with E-state index in [0.717, 1.165) is 31.5 Å². The zero-order valence-corrected chi connectivity index (χ0v) is 14.6. The van der Waals surface area contributed by atoms with E-state index in [9.17, 15) is 9.90 Å². The molecule has 2 aromatic carbocycles. The van der Waals surface area contributed by atoms with Crippen molar-refractivity contribution >= 4 is 12.0 Å². The van der Waals surface area contributed by atoms with Crippen LogP contribution in [0.4, 0.5) is 0 Å². The topological polar surface area (TPSA) is 72.8 Å².